The Balaban J connectivity index is 2.00. The number of nitrogens with one attached hydrogen (secondary N) is 1. The van der Waals surface area contributed by atoms with Gasteiger partial charge in [0, 0.05) is 30.9 Å². The molecule has 1 heterocycles. The molecule has 3 aromatic rings. The molecule has 10 nitrogen and oxygen atoms in total. The molecule has 0 aliphatic carbocycles. The van der Waals surface area contributed by atoms with Gasteiger partial charge in [-0.3, -0.25) is 13.8 Å². The molecule has 1 amide bonds. The van der Waals surface area contributed by atoms with Gasteiger partial charge < -0.3 is 19.5 Å². The number of ether oxygens (including phenoxy) is 3. The Bertz CT molecular complexity index is 1260. The molecular formula is C23H28N4O6S. The first kappa shape index (κ1) is 24.9. The second-order valence-corrected chi connectivity index (χ2v) is 9.28. The van der Waals surface area contributed by atoms with Crippen molar-refractivity contribution in [1.82, 2.24) is 9.78 Å². The molecule has 0 aliphatic heterocycles. The first-order valence-electron chi connectivity index (χ1n) is 10.3. The van der Waals surface area contributed by atoms with Gasteiger partial charge in [-0.1, -0.05) is 0 Å². The second-order valence-electron chi connectivity index (χ2n) is 7.48. The molecule has 0 bridgehead atoms. The summed E-state index contributed by atoms with van der Waals surface area (Å²) in [5.74, 6) is 0.975. The van der Waals surface area contributed by atoms with E-state index < -0.39 is 22.5 Å². The molecule has 0 saturated carbocycles. The van der Waals surface area contributed by atoms with E-state index in [1.807, 2.05) is 0 Å². The minimum atomic E-state index is -4.13. The summed E-state index contributed by atoms with van der Waals surface area (Å²) in [4.78, 5) is 13.1. The summed E-state index contributed by atoms with van der Waals surface area (Å²) >= 11 is 0. The number of hydrogen-bond donors (Lipinski definition) is 1. The van der Waals surface area contributed by atoms with E-state index in [9.17, 15) is 13.2 Å². The molecule has 0 fully saturated rings. The van der Waals surface area contributed by atoms with Gasteiger partial charge in [0.05, 0.1) is 38.4 Å². The van der Waals surface area contributed by atoms with E-state index in [1.54, 1.807) is 63.4 Å². The van der Waals surface area contributed by atoms with Crippen LogP contribution in [0.25, 0.3) is 0 Å². The number of hydrogen-bond acceptors (Lipinski definition) is 7. The van der Waals surface area contributed by atoms with Gasteiger partial charge in [-0.15, -0.1) is 0 Å². The minimum absolute atomic E-state index is 0.0571. The van der Waals surface area contributed by atoms with Crippen molar-refractivity contribution in [3.8, 4) is 17.2 Å². The van der Waals surface area contributed by atoms with Crippen LogP contribution < -0.4 is 23.8 Å². The molecule has 0 unspecified atom stereocenters. The maximum Gasteiger partial charge on any atom is 0.268 e. The predicted octanol–water partition coefficient (Wildman–Crippen LogP) is 2.90. The lowest BCUT2D eigenvalue weighted by molar-refractivity contribution is -0.114. The Morgan fingerprint density at radius 3 is 2.00 bits per heavy atom. The highest BCUT2D eigenvalue weighted by atomic mass is 32.2. The summed E-state index contributed by atoms with van der Waals surface area (Å²) in [5.41, 5.74) is 1.52. The highest BCUT2D eigenvalue weighted by molar-refractivity contribution is 7.93. The molecule has 2 aromatic carbocycles. The zero-order chi connectivity index (χ0) is 25.0. The number of rotatable bonds is 9. The Hall–Kier alpha value is -3.73. The maximum absolute atomic E-state index is 13.8. The molecule has 0 atom stereocenters. The Labute approximate surface area is 199 Å². The number of benzene rings is 2. The average Bonchev–Trinajstić information content (AvgIpc) is 3.08. The molecule has 1 N–H and O–H groups in total. The van der Waals surface area contributed by atoms with Crippen molar-refractivity contribution in [2.45, 2.75) is 18.7 Å². The normalized spacial score (nSPS) is 11.1. The SMILES string of the molecule is COc1ccc(N(CC(=O)Nc2cc(OC)cc(OC)c2)S(=O)(=O)c2c(C)nn(C)c2C)cc1. The highest BCUT2D eigenvalue weighted by Gasteiger charge is 2.32. The fourth-order valence-electron chi connectivity index (χ4n) is 3.51. The van der Waals surface area contributed by atoms with Crippen molar-refractivity contribution in [3.63, 3.8) is 0 Å². The third kappa shape index (κ3) is 5.09. The van der Waals surface area contributed by atoms with Crippen LogP contribution in [0.2, 0.25) is 0 Å². The molecule has 0 saturated heterocycles. The number of carbonyl (C=O) groups excluding carboxylic acids is 1. The number of aryl methyl sites for hydroxylation is 2. The average molecular weight is 489 g/mol. The van der Waals surface area contributed by atoms with Crippen molar-refractivity contribution in [3.05, 3.63) is 53.9 Å². The van der Waals surface area contributed by atoms with Crippen LogP contribution in [-0.2, 0) is 21.9 Å². The van der Waals surface area contributed by atoms with Gasteiger partial charge in [0.25, 0.3) is 10.0 Å². The Kier molecular flexibility index (Phi) is 7.35. The molecule has 11 heteroatoms. The molecule has 34 heavy (non-hydrogen) atoms. The predicted molar refractivity (Wildman–Crippen MR) is 128 cm³/mol. The molecule has 0 spiro atoms. The standard InChI is InChI=1S/C23H28N4O6S/c1-15-23(16(2)26(3)25-15)34(29,30)27(18-7-9-19(31-4)10-8-18)14-22(28)24-17-11-20(32-5)13-21(12-17)33-6/h7-13H,14H2,1-6H3,(H,24,28). The smallest absolute Gasteiger partial charge is 0.268 e. The zero-order valence-electron chi connectivity index (χ0n) is 19.9. The summed E-state index contributed by atoms with van der Waals surface area (Å²) in [6, 6.07) is 11.3. The van der Waals surface area contributed by atoms with E-state index in [2.05, 4.69) is 10.4 Å². The van der Waals surface area contributed by atoms with Gasteiger partial charge in [-0.05, 0) is 38.1 Å². The monoisotopic (exact) mass is 488 g/mol. The maximum atomic E-state index is 13.8. The number of aromatic nitrogens is 2. The van der Waals surface area contributed by atoms with Crippen LogP contribution in [0.1, 0.15) is 11.4 Å². The molecule has 1 aromatic heterocycles. The van der Waals surface area contributed by atoms with E-state index in [1.165, 1.54) is 26.0 Å². The first-order chi connectivity index (χ1) is 16.1. The van der Waals surface area contributed by atoms with Crippen molar-refractivity contribution < 1.29 is 27.4 Å². The fourth-order valence-corrected chi connectivity index (χ4v) is 5.34. The molecular weight excluding hydrogens is 460 g/mol. The third-order valence-electron chi connectivity index (χ3n) is 5.27. The van der Waals surface area contributed by atoms with Crippen molar-refractivity contribution in [2.24, 2.45) is 7.05 Å². The van der Waals surface area contributed by atoms with Gasteiger partial charge in [0.1, 0.15) is 28.7 Å². The van der Waals surface area contributed by atoms with E-state index in [4.69, 9.17) is 14.2 Å². The molecule has 0 radical (unpaired) electrons. The molecule has 182 valence electrons. The quantitative estimate of drug-likeness (QED) is 0.493. The van der Waals surface area contributed by atoms with Crippen molar-refractivity contribution in [1.29, 1.82) is 0 Å². The van der Waals surface area contributed by atoms with E-state index in [0.29, 0.717) is 40.0 Å². The molecule has 3 rings (SSSR count). The van der Waals surface area contributed by atoms with Crippen LogP contribution in [0.15, 0.2) is 47.4 Å². The third-order valence-corrected chi connectivity index (χ3v) is 7.30. The van der Waals surface area contributed by atoms with E-state index in [-0.39, 0.29) is 4.90 Å². The van der Waals surface area contributed by atoms with Crippen LogP contribution in [0.3, 0.4) is 0 Å². The lowest BCUT2D eigenvalue weighted by atomic mass is 10.2. The van der Waals surface area contributed by atoms with E-state index in [0.717, 1.165) is 4.31 Å². The number of carbonyl (C=O) groups is 1. The van der Waals surface area contributed by atoms with Gasteiger partial charge in [-0.25, -0.2) is 8.42 Å². The largest absolute Gasteiger partial charge is 0.497 e. The summed E-state index contributed by atoms with van der Waals surface area (Å²) in [6.07, 6.45) is 0. The number of nitrogens with zero attached hydrogens (tertiary/aromatic N) is 3. The summed E-state index contributed by atoms with van der Waals surface area (Å²) in [7, 11) is 2.05. The summed E-state index contributed by atoms with van der Waals surface area (Å²) < 4.78 is 45.7. The van der Waals surface area contributed by atoms with Gasteiger partial charge in [0.15, 0.2) is 0 Å². The number of anilines is 2. The second kappa shape index (κ2) is 10.0. The van der Waals surface area contributed by atoms with E-state index >= 15 is 0 Å². The number of sulfonamides is 1. The van der Waals surface area contributed by atoms with Crippen LogP contribution in [0, 0.1) is 13.8 Å². The van der Waals surface area contributed by atoms with Crippen molar-refractivity contribution >= 4 is 27.3 Å². The first-order valence-corrected chi connectivity index (χ1v) is 11.7. The zero-order valence-corrected chi connectivity index (χ0v) is 20.8. The Morgan fingerprint density at radius 2 is 1.53 bits per heavy atom. The lowest BCUT2D eigenvalue weighted by Crippen LogP contribution is -2.38. The highest BCUT2D eigenvalue weighted by Crippen LogP contribution is 2.30. The summed E-state index contributed by atoms with van der Waals surface area (Å²) in [6.45, 7) is 2.82. The minimum Gasteiger partial charge on any atom is -0.497 e. The topological polar surface area (TPSA) is 112 Å². The Morgan fingerprint density at radius 1 is 0.971 bits per heavy atom. The summed E-state index contributed by atoms with van der Waals surface area (Å²) in [5, 5.41) is 6.95. The van der Waals surface area contributed by atoms with Crippen LogP contribution in [0.5, 0.6) is 17.2 Å². The van der Waals surface area contributed by atoms with Gasteiger partial charge in [-0.2, -0.15) is 5.10 Å². The fraction of sp³-hybridized carbons (Fsp3) is 0.304. The van der Waals surface area contributed by atoms with Crippen LogP contribution >= 0.6 is 0 Å². The lowest BCUT2D eigenvalue weighted by Gasteiger charge is -2.24. The van der Waals surface area contributed by atoms with Crippen molar-refractivity contribution in [2.75, 3.05) is 37.5 Å². The van der Waals surface area contributed by atoms with Gasteiger partial charge >= 0.3 is 0 Å². The van der Waals surface area contributed by atoms with Crippen LogP contribution in [0.4, 0.5) is 11.4 Å². The molecule has 0 aliphatic rings. The van der Waals surface area contributed by atoms with Crippen LogP contribution in [-0.4, -0.2) is 52.0 Å². The number of amides is 1. The number of methoxy groups -OCH3 is 3. The van der Waals surface area contributed by atoms with Gasteiger partial charge in [0.2, 0.25) is 5.91 Å².